The van der Waals surface area contributed by atoms with E-state index < -0.39 is 18.0 Å². The molecule has 0 aromatic heterocycles. The molecule has 3 rings (SSSR count). The fourth-order valence-electron chi connectivity index (χ4n) is 2.74. The van der Waals surface area contributed by atoms with Crippen LogP contribution >= 0.6 is 0 Å². The van der Waals surface area contributed by atoms with Crippen LogP contribution in [0.5, 0.6) is 0 Å². The standard InChI is InChI=1S/C19H18FN3O2/c20-19(14-21)11-17(12-22-19)25-18(24)23(16-9-5-2-6-10-16)13-15-7-3-1-4-8-15/h1-10,17,22H,11-13H2. The number of amides is 1. The Bertz CT molecular complexity index is 763. The molecule has 1 heterocycles. The van der Waals surface area contributed by atoms with E-state index in [-0.39, 0.29) is 13.0 Å². The Hall–Kier alpha value is -2.91. The second kappa shape index (κ2) is 7.32. The molecule has 6 heteroatoms. The molecule has 1 saturated heterocycles. The van der Waals surface area contributed by atoms with Crippen LogP contribution in [0.15, 0.2) is 60.7 Å². The average Bonchev–Trinajstić information content (AvgIpc) is 3.02. The molecular weight excluding hydrogens is 321 g/mol. The second-order valence-corrected chi connectivity index (χ2v) is 5.91. The van der Waals surface area contributed by atoms with Crippen molar-refractivity contribution in [3.63, 3.8) is 0 Å². The number of benzene rings is 2. The molecule has 0 radical (unpaired) electrons. The van der Waals surface area contributed by atoms with Gasteiger partial charge >= 0.3 is 6.09 Å². The zero-order chi connectivity index (χ0) is 17.7. The summed E-state index contributed by atoms with van der Waals surface area (Å²) >= 11 is 0. The number of halogens is 1. The van der Waals surface area contributed by atoms with E-state index in [1.165, 1.54) is 4.90 Å². The molecule has 2 atom stereocenters. The first-order valence-corrected chi connectivity index (χ1v) is 8.02. The molecule has 0 spiro atoms. The molecule has 1 fully saturated rings. The van der Waals surface area contributed by atoms with Gasteiger partial charge in [0.1, 0.15) is 12.2 Å². The largest absolute Gasteiger partial charge is 0.444 e. The van der Waals surface area contributed by atoms with Gasteiger partial charge in [-0.2, -0.15) is 5.26 Å². The smallest absolute Gasteiger partial charge is 0.414 e. The minimum absolute atomic E-state index is 0.115. The summed E-state index contributed by atoms with van der Waals surface area (Å²) in [5.41, 5.74) is 1.64. The maximum Gasteiger partial charge on any atom is 0.414 e. The van der Waals surface area contributed by atoms with Gasteiger partial charge in [-0.25, -0.2) is 9.18 Å². The molecule has 1 aliphatic rings. The molecule has 1 amide bonds. The van der Waals surface area contributed by atoms with Gasteiger partial charge in [-0.1, -0.05) is 48.5 Å². The number of hydrogen-bond donors (Lipinski definition) is 1. The highest BCUT2D eigenvalue weighted by atomic mass is 19.1. The van der Waals surface area contributed by atoms with E-state index in [0.29, 0.717) is 12.2 Å². The summed E-state index contributed by atoms with van der Waals surface area (Å²) in [6.45, 7) is 0.451. The number of carbonyl (C=O) groups is 1. The number of nitrogens with zero attached hydrogens (tertiary/aromatic N) is 2. The van der Waals surface area contributed by atoms with Crippen LogP contribution in [-0.2, 0) is 11.3 Å². The van der Waals surface area contributed by atoms with Crippen molar-refractivity contribution in [1.29, 1.82) is 5.26 Å². The topological polar surface area (TPSA) is 65.4 Å². The number of nitrogens with one attached hydrogen (secondary N) is 1. The zero-order valence-electron chi connectivity index (χ0n) is 13.6. The highest BCUT2D eigenvalue weighted by Gasteiger charge is 2.41. The van der Waals surface area contributed by atoms with Crippen molar-refractivity contribution in [2.75, 3.05) is 11.4 Å². The third kappa shape index (κ3) is 4.14. The third-order valence-corrected chi connectivity index (χ3v) is 4.04. The van der Waals surface area contributed by atoms with E-state index in [4.69, 9.17) is 10.00 Å². The van der Waals surface area contributed by atoms with Crippen molar-refractivity contribution in [1.82, 2.24) is 5.32 Å². The maximum atomic E-state index is 13.9. The molecule has 2 unspecified atom stereocenters. The molecule has 5 nitrogen and oxygen atoms in total. The average molecular weight is 339 g/mol. The van der Waals surface area contributed by atoms with Crippen molar-refractivity contribution in [2.24, 2.45) is 0 Å². The Morgan fingerprint density at radius 3 is 2.48 bits per heavy atom. The fraction of sp³-hybridized carbons (Fsp3) is 0.263. The van der Waals surface area contributed by atoms with Crippen LogP contribution in [0.4, 0.5) is 14.9 Å². The van der Waals surface area contributed by atoms with Gasteiger partial charge in [-0.05, 0) is 17.7 Å². The van der Waals surface area contributed by atoms with Gasteiger partial charge in [0.05, 0.1) is 6.54 Å². The Balaban J connectivity index is 1.75. The van der Waals surface area contributed by atoms with Crippen LogP contribution in [0.25, 0.3) is 0 Å². The molecule has 0 aliphatic carbocycles. The molecule has 1 N–H and O–H groups in total. The lowest BCUT2D eigenvalue weighted by molar-refractivity contribution is 0.102. The van der Waals surface area contributed by atoms with Crippen LogP contribution in [0.2, 0.25) is 0 Å². The van der Waals surface area contributed by atoms with Gasteiger partial charge in [0, 0.05) is 18.7 Å². The second-order valence-electron chi connectivity index (χ2n) is 5.91. The predicted molar refractivity (Wildman–Crippen MR) is 91.4 cm³/mol. The Morgan fingerprint density at radius 1 is 1.24 bits per heavy atom. The van der Waals surface area contributed by atoms with Gasteiger partial charge < -0.3 is 4.74 Å². The Labute approximate surface area is 145 Å². The predicted octanol–water partition coefficient (Wildman–Crippen LogP) is 3.38. The summed E-state index contributed by atoms with van der Waals surface area (Å²) < 4.78 is 19.4. The molecule has 0 bridgehead atoms. The van der Waals surface area contributed by atoms with Crippen molar-refractivity contribution < 1.29 is 13.9 Å². The zero-order valence-corrected chi connectivity index (χ0v) is 13.6. The summed E-state index contributed by atoms with van der Waals surface area (Å²) in [7, 11) is 0. The number of anilines is 1. The third-order valence-electron chi connectivity index (χ3n) is 4.04. The van der Waals surface area contributed by atoms with E-state index in [2.05, 4.69) is 5.32 Å². The summed E-state index contributed by atoms with van der Waals surface area (Å²) in [6, 6.07) is 20.3. The van der Waals surface area contributed by atoms with E-state index in [1.807, 2.05) is 60.7 Å². The number of hydrogen-bond acceptors (Lipinski definition) is 4. The van der Waals surface area contributed by atoms with Gasteiger partial charge in [0.25, 0.3) is 5.79 Å². The van der Waals surface area contributed by atoms with Crippen molar-refractivity contribution in [3.05, 3.63) is 66.2 Å². The summed E-state index contributed by atoms with van der Waals surface area (Å²) in [6.07, 6.45) is -1.42. The van der Waals surface area contributed by atoms with Crippen LogP contribution in [0, 0.1) is 11.3 Å². The minimum Gasteiger partial charge on any atom is -0.444 e. The van der Waals surface area contributed by atoms with E-state index in [0.717, 1.165) is 5.56 Å². The first kappa shape index (κ1) is 16.9. The van der Waals surface area contributed by atoms with Crippen molar-refractivity contribution in [3.8, 4) is 6.07 Å². The summed E-state index contributed by atoms with van der Waals surface area (Å²) in [5, 5.41) is 11.3. The van der Waals surface area contributed by atoms with Crippen molar-refractivity contribution >= 4 is 11.8 Å². The quantitative estimate of drug-likeness (QED) is 0.867. The van der Waals surface area contributed by atoms with Crippen molar-refractivity contribution in [2.45, 2.75) is 24.9 Å². The van der Waals surface area contributed by atoms with Gasteiger partial charge in [-0.3, -0.25) is 10.2 Å². The number of nitriles is 1. The molecule has 2 aromatic carbocycles. The highest BCUT2D eigenvalue weighted by Crippen LogP contribution is 2.24. The molecule has 25 heavy (non-hydrogen) atoms. The SMILES string of the molecule is N#CC1(F)CC(OC(=O)N(Cc2ccccc2)c2ccccc2)CN1. The highest BCUT2D eigenvalue weighted by molar-refractivity contribution is 5.87. The molecule has 2 aromatic rings. The lowest BCUT2D eigenvalue weighted by Crippen LogP contribution is -2.34. The van der Waals surface area contributed by atoms with E-state index in [1.54, 1.807) is 6.07 Å². The lowest BCUT2D eigenvalue weighted by atomic mass is 10.2. The monoisotopic (exact) mass is 339 g/mol. The fourth-order valence-corrected chi connectivity index (χ4v) is 2.74. The summed E-state index contributed by atoms with van der Waals surface area (Å²) in [4.78, 5) is 14.2. The lowest BCUT2D eigenvalue weighted by Gasteiger charge is -2.24. The first-order chi connectivity index (χ1) is 12.1. The molecule has 0 saturated carbocycles. The normalized spacial score (nSPS) is 22.2. The van der Waals surface area contributed by atoms with Gasteiger partial charge in [-0.15, -0.1) is 0 Å². The number of alkyl halides is 1. The number of rotatable bonds is 4. The van der Waals surface area contributed by atoms with Crippen LogP contribution in [0.1, 0.15) is 12.0 Å². The molecule has 128 valence electrons. The van der Waals surface area contributed by atoms with E-state index in [9.17, 15) is 9.18 Å². The molecular formula is C19H18FN3O2. The van der Waals surface area contributed by atoms with Crippen LogP contribution in [-0.4, -0.2) is 24.5 Å². The maximum absolute atomic E-state index is 13.9. The Morgan fingerprint density at radius 2 is 1.88 bits per heavy atom. The number of para-hydroxylation sites is 1. The first-order valence-electron chi connectivity index (χ1n) is 8.02. The van der Waals surface area contributed by atoms with Gasteiger partial charge in [0.15, 0.2) is 0 Å². The van der Waals surface area contributed by atoms with E-state index >= 15 is 0 Å². The van der Waals surface area contributed by atoms with Crippen LogP contribution < -0.4 is 10.2 Å². The summed E-state index contributed by atoms with van der Waals surface area (Å²) in [5.74, 6) is -2.14. The Kier molecular flexibility index (Phi) is 4.96. The minimum atomic E-state index is -2.14. The number of carbonyl (C=O) groups excluding carboxylic acids is 1. The van der Waals surface area contributed by atoms with Gasteiger partial charge in [0.2, 0.25) is 0 Å². The number of ether oxygens (including phenoxy) is 1. The van der Waals surface area contributed by atoms with Crippen LogP contribution in [0.3, 0.4) is 0 Å². The molecule has 1 aliphatic heterocycles.